The smallest absolute Gasteiger partial charge is 0.295 e. The van der Waals surface area contributed by atoms with Gasteiger partial charge in [0, 0.05) is 25.0 Å². The van der Waals surface area contributed by atoms with Crippen LogP contribution in [0.15, 0.2) is 54.4 Å². The number of rotatable bonds is 2. The molecule has 5 nitrogen and oxygen atoms in total. The number of carbonyl (C=O) groups is 2. The van der Waals surface area contributed by atoms with E-state index in [2.05, 4.69) is 4.98 Å². The number of aliphatic hydroxyl groups is 1. The van der Waals surface area contributed by atoms with Gasteiger partial charge in [-0.1, -0.05) is 6.07 Å². The standard InChI is InChI=1S/C17H13FN2O3/c1-20-14(11-3-2-8-19-9-11)13(16(22)17(20)23)15(21)10-4-6-12(18)7-5-10/h2-9,14,21H,1H3/b15-13+. The molecule has 0 spiro atoms. The van der Waals surface area contributed by atoms with Crippen LogP contribution in [0.25, 0.3) is 5.76 Å². The van der Waals surface area contributed by atoms with E-state index in [-0.39, 0.29) is 16.9 Å². The molecule has 1 atom stereocenters. The van der Waals surface area contributed by atoms with Gasteiger partial charge >= 0.3 is 0 Å². The van der Waals surface area contributed by atoms with Crippen LogP contribution in [0.5, 0.6) is 0 Å². The number of aromatic nitrogens is 1. The SMILES string of the molecule is CN1C(=O)C(=O)/C(=C(/O)c2ccc(F)cc2)C1c1cccnc1. The van der Waals surface area contributed by atoms with Gasteiger partial charge in [0.15, 0.2) is 0 Å². The number of amides is 1. The fraction of sp³-hybridized carbons (Fsp3) is 0.118. The fourth-order valence-corrected chi connectivity index (χ4v) is 2.64. The number of benzene rings is 1. The highest BCUT2D eigenvalue weighted by atomic mass is 19.1. The number of likely N-dealkylation sites (N-methyl/N-ethyl adjacent to an activating group) is 1. The molecule has 6 heteroatoms. The molecule has 1 aromatic carbocycles. The molecule has 2 heterocycles. The number of ketones is 1. The molecular formula is C17H13FN2O3. The Hall–Kier alpha value is -3.02. The third kappa shape index (κ3) is 2.48. The van der Waals surface area contributed by atoms with Crippen molar-refractivity contribution < 1.29 is 19.1 Å². The molecular weight excluding hydrogens is 299 g/mol. The topological polar surface area (TPSA) is 70.5 Å². The summed E-state index contributed by atoms with van der Waals surface area (Å²) in [7, 11) is 1.49. The van der Waals surface area contributed by atoms with Crippen molar-refractivity contribution in [2.24, 2.45) is 0 Å². The van der Waals surface area contributed by atoms with Crippen molar-refractivity contribution in [3.63, 3.8) is 0 Å². The lowest BCUT2D eigenvalue weighted by molar-refractivity contribution is -0.139. The number of pyridine rings is 1. The van der Waals surface area contributed by atoms with Crippen molar-refractivity contribution in [1.82, 2.24) is 9.88 Å². The zero-order valence-electron chi connectivity index (χ0n) is 12.2. The second-order valence-electron chi connectivity index (χ2n) is 5.20. The molecule has 1 N–H and O–H groups in total. The molecule has 1 fully saturated rings. The summed E-state index contributed by atoms with van der Waals surface area (Å²) in [6.07, 6.45) is 3.11. The van der Waals surface area contributed by atoms with Crippen LogP contribution in [-0.4, -0.2) is 33.7 Å². The normalized spacial score (nSPS) is 20.1. The van der Waals surface area contributed by atoms with Crippen LogP contribution < -0.4 is 0 Å². The van der Waals surface area contributed by atoms with E-state index >= 15 is 0 Å². The number of Topliss-reactive ketones (excluding diaryl/α,β-unsaturated/α-hetero) is 1. The monoisotopic (exact) mass is 312 g/mol. The molecule has 1 aromatic heterocycles. The van der Waals surface area contributed by atoms with Crippen molar-refractivity contribution in [2.45, 2.75) is 6.04 Å². The lowest BCUT2D eigenvalue weighted by Gasteiger charge is -2.20. The van der Waals surface area contributed by atoms with Gasteiger partial charge in [0.1, 0.15) is 11.6 Å². The number of halogens is 1. The third-order valence-electron chi connectivity index (χ3n) is 3.79. The Kier molecular flexibility index (Phi) is 3.65. The Morgan fingerprint density at radius 1 is 1.22 bits per heavy atom. The molecule has 1 saturated heterocycles. The summed E-state index contributed by atoms with van der Waals surface area (Å²) in [6, 6.07) is 7.74. The second kappa shape index (κ2) is 5.64. The fourth-order valence-electron chi connectivity index (χ4n) is 2.64. The maximum absolute atomic E-state index is 13.0. The summed E-state index contributed by atoms with van der Waals surface area (Å²) in [4.78, 5) is 29.6. The summed E-state index contributed by atoms with van der Waals surface area (Å²) in [5.74, 6) is -2.27. The molecule has 2 aromatic rings. The van der Waals surface area contributed by atoms with E-state index < -0.39 is 23.5 Å². The zero-order valence-corrected chi connectivity index (χ0v) is 12.2. The average molecular weight is 312 g/mol. The van der Waals surface area contributed by atoms with E-state index in [4.69, 9.17) is 0 Å². The van der Waals surface area contributed by atoms with E-state index in [9.17, 15) is 19.1 Å². The van der Waals surface area contributed by atoms with Crippen LogP contribution in [0, 0.1) is 5.82 Å². The van der Waals surface area contributed by atoms with Crippen molar-refractivity contribution in [3.8, 4) is 0 Å². The minimum atomic E-state index is -0.775. The van der Waals surface area contributed by atoms with E-state index in [1.807, 2.05) is 0 Å². The first-order chi connectivity index (χ1) is 11.0. The quantitative estimate of drug-likeness (QED) is 0.525. The van der Waals surface area contributed by atoms with Crippen LogP contribution in [0.3, 0.4) is 0 Å². The van der Waals surface area contributed by atoms with Gasteiger partial charge in [-0.2, -0.15) is 0 Å². The van der Waals surface area contributed by atoms with Crippen molar-refractivity contribution >= 4 is 17.4 Å². The number of carbonyl (C=O) groups excluding carboxylic acids is 2. The van der Waals surface area contributed by atoms with Crippen LogP contribution in [0.4, 0.5) is 4.39 Å². The summed E-state index contributed by atoms with van der Waals surface area (Å²) in [5.41, 5.74) is 0.849. The van der Waals surface area contributed by atoms with Crippen LogP contribution in [0.2, 0.25) is 0 Å². The van der Waals surface area contributed by atoms with E-state index in [0.29, 0.717) is 5.56 Å². The molecule has 0 saturated carbocycles. The molecule has 0 radical (unpaired) electrons. The molecule has 1 aliphatic rings. The maximum Gasteiger partial charge on any atom is 0.295 e. The second-order valence-corrected chi connectivity index (χ2v) is 5.20. The predicted octanol–water partition coefficient (Wildman–Crippen LogP) is 2.27. The summed E-state index contributed by atoms with van der Waals surface area (Å²) in [5, 5.41) is 10.5. The lowest BCUT2D eigenvalue weighted by atomic mass is 9.96. The van der Waals surface area contributed by atoms with E-state index in [1.165, 1.54) is 42.4 Å². The summed E-state index contributed by atoms with van der Waals surface area (Å²) >= 11 is 0. The van der Waals surface area contributed by atoms with Crippen molar-refractivity contribution in [1.29, 1.82) is 0 Å². The largest absolute Gasteiger partial charge is 0.507 e. The van der Waals surface area contributed by atoms with Gasteiger partial charge in [0.25, 0.3) is 11.7 Å². The number of likely N-dealkylation sites (tertiary alicyclic amines) is 1. The van der Waals surface area contributed by atoms with Gasteiger partial charge in [0.05, 0.1) is 11.6 Å². The average Bonchev–Trinajstić information content (AvgIpc) is 2.80. The van der Waals surface area contributed by atoms with E-state index in [0.717, 1.165) is 0 Å². The molecule has 1 unspecified atom stereocenters. The number of hydrogen-bond donors (Lipinski definition) is 1. The van der Waals surface area contributed by atoms with Gasteiger partial charge in [-0.25, -0.2) is 4.39 Å². The number of aliphatic hydroxyl groups excluding tert-OH is 1. The highest BCUT2D eigenvalue weighted by Gasteiger charge is 2.44. The van der Waals surface area contributed by atoms with Crippen molar-refractivity contribution in [3.05, 3.63) is 71.3 Å². The highest BCUT2D eigenvalue weighted by Crippen LogP contribution is 2.37. The van der Waals surface area contributed by atoms with Crippen molar-refractivity contribution in [2.75, 3.05) is 7.05 Å². The first-order valence-electron chi connectivity index (χ1n) is 6.91. The number of hydrogen-bond acceptors (Lipinski definition) is 4. The molecule has 0 aliphatic carbocycles. The minimum absolute atomic E-state index is 0.0305. The Labute approximate surface area is 131 Å². The zero-order chi connectivity index (χ0) is 16.6. The number of nitrogens with zero attached hydrogens (tertiary/aromatic N) is 2. The minimum Gasteiger partial charge on any atom is -0.507 e. The molecule has 116 valence electrons. The van der Waals surface area contributed by atoms with Crippen LogP contribution in [-0.2, 0) is 9.59 Å². The Bertz CT molecular complexity index is 800. The predicted molar refractivity (Wildman–Crippen MR) is 80.7 cm³/mol. The van der Waals surface area contributed by atoms with Gasteiger partial charge < -0.3 is 10.0 Å². The molecule has 3 rings (SSSR count). The molecule has 1 aliphatic heterocycles. The summed E-state index contributed by atoms with van der Waals surface area (Å²) in [6.45, 7) is 0. The van der Waals surface area contributed by atoms with E-state index in [1.54, 1.807) is 18.3 Å². The molecule has 1 amide bonds. The van der Waals surface area contributed by atoms with Gasteiger partial charge in [-0.05, 0) is 35.9 Å². The van der Waals surface area contributed by atoms with Gasteiger partial charge in [-0.15, -0.1) is 0 Å². The third-order valence-corrected chi connectivity index (χ3v) is 3.79. The lowest BCUT2D eigenvalue weighted by Crippen LogP contribution is -2.24. The Morgan fingerprint density at radius 2 is 1.91 bits per heavy atom. The Morgan fingerprint density at radius 3 is 2.52 bits per heavy atom. The summed E-state index contributed by atoms with van der Waals surface area (Å²) < 4.78 is 13.0. The Balaban J connectivity index is 2.17. The molecule has 23 heavy (non-hydrogen) atoms. The highest BCUT2D eigenvalue weighted by molar-refractivity contribution is 6.46. The first-order valence-corrected chi connectivity index (χ1v) is 6.91. The first kappa shape index (κ1) is 14.9. The van der Waals surface area contributed by atoms with Gasteiger partial charge in [0.2, 0.25) is 0 Å². The van der Waals surface area contributed by atoms with Crippen LogP contribution >= 0.6 is 0 Å². The van der Waals surface area contributed by atoms with Gasteiger partial charge in [-0.3, -0.25) is 14.6 Å². The van der Waals surface area contributed by atoms with Crippen LogP contribution in [0.1, 0.15) is 17.2 Å². The molecule has 0 bridgehead atoms. The maximum atomic E-state index is 13.0.